The Bertz CT molecular complexity index is 189. The Morgan fingerprint density at radius 2 is 2.25 bits per heavy atom. The Balaban J connectivity index is 2.35. The molecule has 1 aliphatic heterocycles. The van der Waals surface area contributed by atoms with Gasteiger partial charge in [-0.15, -0.1) is 0 Å². The molecule has 68 valence electrons. The second kappa shape index (κ2) is 4.24. The maximum Gasteiger partial charge on any atom is 0.229 e. The van der Waals surface area contributed by atoms with Crippen molar-refractivity contribution in [3.8, 4) is 0 Å². The number of unbranched alkanes of at least 4 members (excludes halogenated alkanes) is 1. The molecule has 0 unspecified atom stereocenters. The first-order valence-electron chi connectivity index (χ1n) is 4.57. The fourth-order valence-corrected chi connectivity index (χ4v) is 1.46. The number of imide groups is 1. The Morgan fingerprint density at radius 3 is 2.83 bits per heavy atom. The third kappa shape index (κ3) is 2.32. The fraction of sp³-hybridized carbons (Fsp3) is 0.778. The van der Waals surface area contributed by atoms with Gasteiger partial charge in [0.15, 0.2) is 0 Å². The first-order chi connectivity index (χ1) is 5.74. The van der Waals surface area contributed by atoms with Gasteiger partial charge in [-0.25, -0.2) is 0 Å². The van der Waals surface area contributed by atoms with Crippen LogP contribution in [0.1, 0.15) is 39.0 Å². The molecule has 2 amide bonds. The van der Waals surface area contributed by atoms with E-state index in [-0.39, 0.29) is 17.7 Å². The Labute approximate surface area is 72.5 Å². The molecule has 0 radical (unpaired) electrons. The summed E-state index contributed by atoms with van der Waals surface area (Å²) >= 11 is 0. The lowest BCUT2D eigenvalue weighted by molar-refractivity contribution is -0.136. The van der Waals surface area contributed by atoms with Gasteiger partial charge in [0.25, 0.3) is 0 Å². The number of hydrogen-bond acceptors (Lipinski definition) is 2. The van der Waals surface area contributed by atoms with Crippen LogP contribution in [-0.4, -0.2) is 11.8 Å². The number of amides is 2. The van der Waals surface area contributed by atoms with E-state index in [2.05, 4.69) is 12.2 Å². The smallest absolute Gasteiger partial charge is 0.229 e. The van der Waals surface area contributed by atoms with Crippen molar-refractivity contribution in [3.63, 3.8) is 0 Å². The highest BCUT2D eigenvalue weighted by Gasteiger charge is 2.25. The Morgan fingerprint density at radius 1 is 1.50 bits per heavy atom. The lowest BCUT2D eigenvalue weighted by Gasteiger charge is -2.20. The first kappa shape index (κ1) is 9.23. The van der Waals surface area contributed by atoms with Crippen LogP contribution in [0.5, 0.6) is 0 Å². The summed E-state index contributed by atoms with van der Waals surface area (Å²) in [6, 6.07) is 0. The lowest BCUT2D eigenvalue weighted by atomic mass is 9.93. The number of carbonyl (C=O) groups excluding carboxylic acids is 2. The summed E-state index contributed by atoms with van der Waals surface area (Å²) in [5, 5.41) is 2.36. The van der Waals surface area contributed by atoms with Gasteiger partial charge < -0.3 is 0 Å². The molecule has 0 saturated carbocycles. The molecular weight excluding hydrogens is 154 g/mol. The summed E-state index contributed by atoms with van der Waals surface area (Å²) in [6.45, 7) is 2.10. The summed E-state index contributed by atoms with van der Waals surface area (Å²) in [5.41, 5.74) is 0. The molecular formula is C9H15NO2. The fourth-order valence-electron chi connectivity index (χ4n) is 1.46. The van der Waals surface area contributed by atoms with Crippen LogP contribution >= 0.6 is 0 Å². The number of hydrogen-bond donors (Lipinski definition) is 1. The van der Waals surface area contributed by atoms with Crippen molar-refractivity contribution in [2.24, 2.45) is 5.92 Å². The molecule has 1 rings (SSSR count). The number of piperidine rings is 1. The highest BCUT2D eigenvalue weighted by Crippen LogP contribution is 2.18. The van der Waals surface area contributed by atoms with Gasteiger partial charge in [-0.3, -0.25) is 14.9 Å². The second-order valence-electron chi connectivity index (χ2n) is 3.29. The monoisotopic (exact) mass is 169 g/mol. The predicted octanol–water partition coefficient (Wildman–Crippen LogP) is 1.23. The third-order valence-corrected chi connectivity index (χ3v) is 2.26. The summed E-state index contributed by atoms with van der Waals surface area (Å²) in [7, 11) is 0. The maximum atomic E-state index is 11.2. The quantitative estimate of drug-likeness (QED) is 0.646. The van der Waals surface area contributed by atoms with Gasteiger partial charge in [-0.05, 0) is 12.8 Å². The third-order valence-electron chi connectivity index (χ3n) is 2.26. The summed E-state index contributed by atoms with van der Waals surface area (Å²) in [5.74, 6) is -0.102. The molecule has 3 heteroatoms. The van der Waals surface area contributed by atoms with Crippen LogP contribution in [-0.2, 0) is 9.59 Å². The molecule has 0 aliphatic carbocycles. The van der Waals surface area contributed by atoms with E-state index in [4.69, 9.17) is 0 Å². The van der Waals surface area contributed by atoms with Crippen molar-refractivity contribution in [1.29, 1.82) is 0 Å². The molecule has 3 nitrogen and oxygen atoms in total. The standard InChI is InChI=1S/C9H15NO2/c1-2-3-4-7-5-6-8(11)10-9(7)12/h7H,2-6H2,1H3,(H,10,11,12)/t7-/m0/s1. The highest BCUT2D eigenvalue weighted by atomic mass is 16.2. The molecule has 1 N–H and O–H groups in total. The van der Waals surface area contributed by atoms with Gasteiger partial charge in [0.2, 0.25) is 11.8 Å². The van der Waals surface area contributed by atoms with Crippen molar-refractivity contribution in [1.82, 2.24) is 5.32 Å². The summed E-state index contributed by atoms with van der Waals surface area (Å²) in [6.07, 6.45) is 4.37. The minimum absolute atomic E-state index is 0.0697. The molecule has 0 aromatic heterocycles. The normalized spacial score (nSPS) is 23.9. The molecule has 12 heavy (non-hydrogen) atoms. The van der Waals surface area contributed by atoms with E-state index in [1.54, 1.807) is 0 Å². The molecule has 1 saturated heterocycles. The molecule has 0 bridgehead atoms. The molecule has 1 atom stereocenters. The minimum atomic E-state index is -0.118. The topological polar surface area (TPSA) is 46.2 Å². The zero-order valence-electron chi connectivity index (χ0n) is 7.43. The van der Waals surface area contributed by atoms with E-state index >= 15 is 0 Å². The van der Waals surface area contributed by atoms with E-state index in [1.807, 2.05) is 0 Å². The Kier molecular flexibility index (Phi) is 3.26. The van der Waals surface area contributed by atoms with E-state index in [9.17, 15) is 9.59 Å². The number of rotatable bonds is 3. The van der Waals surface area contributed by atoms with Gasteiger partial charge in [0.1, 0.15) is 0 Å². The van der Waals surface area contributed by atoms with Crippen molar-refractivity contribution in [2.75, 3.05) is 0 Å². The van der Waals surface area contributed by atoms with E-state index in [0.29, 0.717) is 6.42 Å². The molecule has 1 aliphatic rings. The van der Waals surface area contributed by atoms with Crippen molar-refractivity contribution >= 4 is 11.8 Å². The van der Waals surface area contributed by atoms with E-state index in [1.165, 1.54) is 0 Å². The molecule has 1 heterocycles. The highest BCUT2D eigenvalue weighted by molar-refractivity contribution is 5.98. The summed E-state index contributed by atoms with van der Waals surface area (Å²) < 4.78 is 0. The zero-order valence-corrected chi connectivity index (χ0v) is 7.43. The van der Waals surface area contributed by atoms with Crippen LogP contribution in [0.3, 0.4) is 0 Å². The van der Waals surface area contributed by atoms with Crippen molar-refractivity contribution < 1.29 is 9.59 Å². The average Bonchev–Trinajstić information content (AvgIpc) is 2.03. The van der Waals surface area contributed by atoms with Crippen LogP contribution in [0.25, 0.3) is 0 Å². The van der Waals surface area contributed by atoms with Crippen LogP contribution in [0.2, 0.25) is 0 Å². The lowest BCUT2D eigenvalue weighted by Crippen LogP contribution is -2.40. The van der Waals surface area contributed by atoms with Gasteiger partial charge in [-0.2, -0.15) is 0 Å². The second-order valence-corrected chi connectivity index (χ2v) is 3.29. The summed E-state index contributed by atoms with van der Waals surface area (Å²) in [4.78, 5) is 21.9. The zero-order chi connectivity index (χ0) is 8.97. The molecule has 1 fully saturated rings. The SMILES string of the molecule is CCCC[C@H]1CCC(=O)NC1=O. The Hall–Kier alpha value is -0.860. The van der Waals surface area contributed by atoms with E-state index < -0.39 is 0 Å². The van der Waals surface area contributed by atoms with Gasteiger partial charge in [0, 0.05) is 12.3 Å². The van der Waals surface area contributed by atoms with Crippen LogP contribution in [0.15, 0.2) is 0 Å². The van der Waals surface area contributed by atoms with Gasteiger partial charge in [-0.1, -0.05) is 19.8 Å². The largest absolute Gasteiger partial charge is 0.296 e. The maximum absolute atomic E-state index is 11.2. The van der Waals surface area contributed by atoms with Crippen molar-refractivity contribution in [2.45, 2.75) is 39.0 Å². The molecule has 0 spiro atoms. The number of nitrogens with one attached hydrogen (secondary N) is 1. The van der Waals surface area contributed by atoms with Crippen molar-refractivity contribution in [3.05, 3.63) is 0 Å². The average molecular weight is 169 g/mol. The van der Waals surface area contributed by atoms with Crippen LogP contribution < -0.4 is 5.32 Å². The molecule has 0 aromatic carbocycles. The van der Waals surface area contributed by atoms with Gasteiger partial charge in [0.05, 0.1) is 0 Å². The van der Waals surface area contributed by atoms with E-state index in [0.717, 1.165) is 25.7 Å². The molecule has 0 aromatic rings. The van der Waals surface area contributed by atoms with Gasteiger partial charge >= 0.3 is 0 Å². The number of carbonyl (C=O) groups is 2. The predicted molar refractivity (Wildman–Crippen MR) is 45.4 cm³/mol. The van der Waals surface area contributed by atoms with Crippen LogP contribution in [0, 0.1) is 5.92 Å². The minimum Gasteiger partial charge on any atom is -0.296 e. The van der Waals surface area contributed by atoms with Crippen LogP contribution in [0.4, 0.5) is 0 Å². The first-order valence-corrected chi connectivity index (χ1v) is 4.57.